The maximum atomic E-state index is 13.9. The number of anilines is 1. The number of hydrogen-bond acceptors (Lipinski definition) is 5. The first-order valence-corrected chi connectivity index (χ1v) is 7.41. The molecule has 1 aromatic carbocycles. The van der Waals surface area contributed by atoms with Crippen molar-refractivity contribution in [3.8, 4) is 5.75 Å². The molecule has 1 aliphatic carbocycles. The summed E-state index contributed by atoms with van der Waals surface area (Å²) in [6, 6.07) is 5.28. The average molecular weight is 334 g/mol. The van der Waals surface area contributed by atoms with Gasteiger partial charge in [0, 0.05) is 23.7 Å². The number of carboxylic acid groups (broad SMARTS) is 1. The molecule has 1 aliphatic rings. The predicted molar refractivity (Wildman–Crippen MR) is 80.6 cm³/mol. The smallest absolute Gasteiger partial charge is 0.344 e. The molecule has 1 fully saturated rings. The number of amides is 1. The molecule has 1 amide bonds. The molecule has 0 radical (unpaired) electrons. The normalized spacial score (nSPS) is 14.9. The highest BCUT2D eigenvalue weighted by Crippen LogP contribution is 2.39. The number of carbonyl (C=O) groups excluding carboxylic acids is 1. The third kappa shape index (κ3) is 3.53. The third-order valence-corrected chi connectivity index (χ3v) is 3.59. The molecule has 1 heterocycles. The minimum atomic E-state index is -1.21. The SMILES string of the molecule is CC(Oc1ccc(NC(=O)c2cc(C3CC3)no2)cc1F)C(=O)O. The van der Waals surface area contributed by atoms with E-state index in [2.05, 4.69) is 10.5 Å². The highest BCUT2D eigenvalue weighted by molar-refractivity contribution is 6.02. The molecule has 2 aromatic rings. The molecular formula is C16H15FN2O5. The van der Waals surface area contributed by atoms with Crippen LogP contribution >= 0.6 is 0 Å². The molecule has 2 N–H and O–H groups in total. The van der Waals surface area contributed by atoms with E-state index in [4.69, 9.17) is 14.4 Å². The molecule has 0 bridgehead atoms. The van der Waals surface area contributed by atoms with Crippen molar-refractivity contribution < 1.29 is 28.3 Å². The number of rotatable bonds is 6. The molecule has 7 nitrogen and oxygen atoms in total. The summed E-state index contributed by atoms with van der Waals surface area (Å²) in [5.74, 6) is -2.32. The van der Waals surface area contributed by atoms with Crippen LogP contribution in [-0.2, 0) is 4.79 Å². The van der Waals surface area contributed by atoms with Crippen LogP contribution in [0.1, 0.15) is 41.9 Å². The van der Waals surface area contributed by atoms with Gasteiger partial charge >= 0.3 is 5.97 Å². The standard InChI is InChI=1S/C16H15FN2O5/c1-8(16(21)22)23-13-5-4-10(6-11(13)17)18-15(20)14-7-12(19-24-14)9-2-3-9/h4-9H,2-3H2,1H3,(H,18,20)(H,21,22). The van der Waals surface area contributed by atoms with E-state index in [1.165, 1.54) is 19.1 Å². The quantitative estimate of drug-likeness (QED) is 0.842. The van der Waals surface area contributed by atoms with Crippen LogP contribution in [0.15, 0.2) is 28.8 Å². The summed E-state index contributed by atoms with van der Waals surface area (Å²) >= 11 is 0. The lowest BCUT2D eigenvalue weighted by atomic mass is 10.2. The summed E-state index contributed by atoms with van der Waals surface area (Å²) in [5.41, 5.74) is 0.940. The molecule has 1 atom stereocenters. The molecule has 3 rings (SSSR count). The molecule has 0 spiro atoms. The first kappa shape index (κ1) is 16.0. The molecule has 1 aromatic heterocycles. The van der Waals surface area contributed by atoms with Gasteiger partial charge in [-0.1, -0.05) is 5.16 Å². The first-order chi connectivity index (χ1) is 11.4. The Morgan fingerprint density at radius 2 is 2.17 bits per heavy atom. The van der Waals surface area contributed by atoms with Gasteiger partial charge in [-0.15, -0.1) is 0 Å². The number of ether oxygens (including phenoxy) is 1. The van der Waals surface area contributed by atoms with E-state index in [9.17, 15) is 14.0 Å². The summed E-state index contributed by atoms with van der Waals surface area (Å²) < 4.78 is 23.9. The predicted octanol–water partition coefficient (Wildman–Crippen LogP) is 2.80. The van der Waals surface area contributed by atoms with Gasteiger partial charge in [0.2, 0.25) is 5.76 Å². The highest BCUT2D eigenvalue weighted by atomic mass is 19.1. The van der Waals surface area contributed by atoms with Crippen LogP contribution < -0.4 is 10.1 Å². The van der Waals surface area contributed by atoms with Crippen molar-refractivity contribution in [3.63, 3.8) is 0 Å². The molecule has 1 saturated carbocycles. The number of carbonyl (C=O) groups is 2. The number of nitrogens with zero attached hydrogens (tertiary/aromatic N) is 1. The Balaban J connectivity index is 1.67. The lowest BCUT2D eigenvalue weighted by molar-refractivity contribution is -0.144. The second-order valence-corrected chi connectivity index (χ2v) is 5.59. The number of aromatic nitrogens is 1. The van der Waals surface area contributed by atoms with Crippen LogP contribution in [0.4, 0.5) is 10.1 Å². The van der Waals surface area contributed by atoms with Gasteiger partial charge in [0.15, 0.2) is 17.7 Å². The average Bonchev–Trinajstić information content (AvgIpc) is 3.26. The summed E-state index contributed by atoms with van der Waals surface area (Å²) in [4.78, 5) is 22.8. The fraction of sp³-hybridized carbons (Fsp3) is 0.312. The van der Waals surface area contributed by atoms with E-state index in [-0.39, 0.29) is 17.2 Å². The zero-order valence-electron chi connectivity index (χ0n) is 12.8. The minimum absolute atomic E-state index is 0.0529. The zero-order valence-corrected chi connectivity index (χ0v) is 12.8. The maximum Gasteiger partial charge on any atom is 0.344 e. The molecule has 126 valence electrons. The van der Waals surface area contributed by atoms with Gasteiger partial charge in [0.1, 0.15) is 0 Å². The molecule has 1 unspecified atom stereocenters. The fourth-order valence-electron chi connectivity index (χ4n) is 2.08. The van der Waals surface area contributed by atoms with Crippen LogP contribution in [0, 0.1) is 5.82 Å². The monoisotopic (exact) mass is 334 g/mol. The van der Waals surface area contributed by atoms with Gasteiger partial charge in [-0.05, 0) is 31.9 Å². The second kappa shape index (κ2) is 6.31. The van der Waals surface area contributed by atoms with E-state index in [1.807, 2.05) is 0 Å². The van der Waals surface area contributed by atoms with E-state index in [1.54, 1.807) is 6.07 Å². The number of carboxylic acids is 1. The zero-order chi connectivity index (χ0) is 17.3. The van der Waals surface area contributed by atoms with Crippen LogP contribution in [0.5, 0.6) is 5.75 Å². The Morgan fingerprint density at radius 3 is 2.79 bits per heavy atom. The van der Waals surface area contributed by atoms with Gasteiger partial charge in [-0.25, -0.2) is 9.18 Å². The Hall–Kier alpha value is -2.90. The van der Waals surface area contributed by atoms with E-state index in [0.29, 0.717) is 5.92 Å². The van der Waals surface area contributed by atoms with E-state index in [0.717, 1.165) is 24.6 Å². The van der Waals surface area contributed by atoms with Crippen molar-refractivity contribution in [2.75, 3.05) is 5.32 Å². The fourth-order valence-corrected chi connectivity index (χ4v) is 2.08. The van der Waals surface area contributed by atoms with Crippen molar-refractivity contribution in [2.24, 2.45) is 0 Å². The summed E-state index contributed by atoms with van der Waals surface area (Å²) in [5, 5.41) is 15.1. The molecule has 0 aliphatic heterocycles. The van der Waals surface area contributed by atoms with Crippen molar-refractivity contribution in [3.05, 3.63) is 41.5 Å². The van der Waals surface area contributed by atoms with Crippen LogP contribution in [0.2, 0.25) is 0 Å². The van der Waals surface area contributed by atoms with Gasteiger partial charge in [0.25, 0.3) is 5.91 Å². The largest absolute Gasteiger partial charge is 0.479 e. The van der Waals surface area contributed by atoms with Crippen molar-refractivity contribution in [1.82, 2.24) is 5.16 Å². The van der Waals surface area contributed by atoms with Gasteiger partial charge in [0.05, 0.1) is 5.69 Å². The van der Waals surface area contributed by atoms with Crippen molar-refractivity contribution >= 4 is 17.6 Å². The summed E-state index contributed by atoms with van der Waals surface area (Å²) in [6.45, 7) is 1.29. The minimum Gasteiger partial charge on any atom is -0.479 e. The van der Waals surface area contributed by atoms with Crippen molar-refractivity contribution in [1.29, 1.82) is 0 Å². The molecule has 0 saturated heterocycles. The van der Waals surface area contributed by atoms with Crippen LogP contribution in [0.25, 0.3) is 0 Å². The lowest BCUT2D eigenvalue weighted by Gasteiger charge is -2.12. The Kier molecular flexibility index (Phi) is 4.20. The van der Waals surface area contributed by atoms with E-state index < -0.39 is 23.8 Å². The lowest BCUT2D eigenvalue weighted by Crippen LogP contribution is -2.23. The number of benzene rings is 1. The Morgan fingerprint density at radius 1 is 1.42 bits per heavy atom. The van der Waals surface area contributed by atoms with Gasteiger partial charge in [-0.2, -0.15) is 0 Å². The van der Waals surface area contributed by atoms with Gasteiger partial charge < -0.3 is 19.7 Å². The first-order valence-electron chi connectivity index (χ1n) is 7.41. The Labute approximate surface area is 136 Å². The van der Waals surface area contributed by atoms with Crippen LogP contribution in [0.3, 0.4) is 0 Å². The highest BCUT2D eigenvalue weighted by Gasteiger charge is 2.28. The second-order valence-electron chi connectivity index (χ2n) is 5.59. The molecule has 24 heavy (non-hydrogen) atoms. The number of nitrogens with one attached hydrogen (secondary N) is 1. The summed E-state index contributed by atoms with van der Waals surface area (Å²) in [7, 11) is 0. The molecular weight excluding hydrogens is 319 g/mol. The number of aliphatic carboxylic acids is 1. The van der Waals surface area contributed by atoms with Gasteiger partial charge in [-0.3, -0.25) is 4.79 Å². The maximum absolute atomic E-state index is 13.9. The van der Waals surface area contributed by atoms with Crippen LogP contribution in [-0.4, -0.2) is 28.2 Å². The molecule has 8 heteroatoms. The third-order valence-electron chi connectivity index (χ3n) is 3.59. The number of hydrogen-bond donors (Lipinski definition) is 2. The summed E-state index contributed by atoms with van der Waals surface area (Å²) in [6.07, 6.45) is 0.888. The topological polar surface area (TPSA) is 102 Å². The van der Waals surface area contributed by atoms with E-state index >= 15 is 0 Å². The van der Waals surface area contributed by atoms with Crippen molar-refractivity contribution in [2.45, 2.75) is 31.8 Å². The Bertz CT molecular complexity index is 785. The number of halogens is 1.